The molecule has 26 heavy (non-hydrogen) atoms. The molecular weight excluding hydrogens is 335 g/mol. The number of carbonyl (C=O) groups excluding carboxylic acids is 1. The Bertz CT molecular complexity index is 942. The number of esters is 1. The Morgan fingerprint density at radius 2 is 1.88 bits per heavy atom. The predicted molar refractivity (Wildman–Crippen MR) is 98.7 cm³/mol. The van der Waals surface area contributed by atoms with Crippen molar-refractivity contribution in [3.63, 3.8) is 0 Å². The largest absolute Gasteiger partial charge is 0.497 e. The number of rotatable bonds is 5. The summed E-state index contributed by atoms with van der Waals surface area (Å²) in [6, 6.07) is 13.3. The first-order valence-corrected chi connectivity index (χ1v) is 8.18. The van der Waals surface area contributed by atoms with Crippen LogP contribution in [-0.4, -0.2) is 31.7 Å². The number of aromatic nitrogens is 1. The number of hydrogen-bond acceptors (Lipinski definition) is 5. The quantitative estimate of drug-likeness (QED) is 0.639. The third-order valence-corrected chi connectivity index (χ3v) is 4.03. The fourth-order valence-electron chi connectivity index (χ4n) is 2.68. The lowest BCUT2D eigenvalue weighted by atomic mass is 10.1. The lowest BCUT2D eigenvalue weighted by molar-refractivity contribution is 0.0527. The molecular formula is C20H19FN2O3. The first kappa shape index (κ1) is 17.7. The summed E-state index contributed by atoms with van der Waals surface area (Å²) >= 11 is 0. The van der Waals surface area contributed by atoms with Gasteiger partial charge in [-0.2, -0.15) is 0 Å². The van der Waals surface area contributed by atoms with Gasteiger partial charge < -0.3 is 14.4 Å². The van der Waals surface area contributed by atoms with Gasteiger partial charge in [0.25, 0.3) is 0 Å². The summed E-state index contributed by atoms with van der Waals surface area (Å²) in [6.45, 7) is 1.98. The zero-order chi connectivity index (χ0) is 18.7. The molecule has 134 valence electrons. The Labute approximate surface area is 151 Å². The molecule has 5 nitrogen and oxygen atoms in total. The van der Waals surface area contributed by atoms with Crippen LogP contribution in [0.2, 0.25) is 0 Å². The fraction of sp³-hybridized carbons (Fsp3) is 0.200. The summed E-state index contributed by atoms with van der Waals surface area (Å²) in [7, 11) is 3.41. The summed E-state index contributed by atoms with van der Waals surface area (Å²) in [6.07, 6.45) is 0. The molecule has 0 atom stereocenters. The van der Waals surface area contributed by atoms with Crippen molar-refractivity contribution in [2.75, 3.05) is 25.7 Å². The lowest BCUT2D eigenvalue weighted by Gasteiger charge is -2.21. The van der Waals surface area contributed by atoms with E-state index in [2.05, 4.69) is 4.98 Å². The number of methoxy groups -OCH3 is 1. The van der Waals surface area contributed by atoms with Gasteiger partial charge in [0.15, 0.2) is 0 Å². The average Bonchev–Trinajstić information content (AvgIpc) is 2.66. The van der Waals surface area contributed by atoms with E-state index in [1.807, 2.05) is 31.3 Å². The monoisotopic (exact) mass is 354 g/mol. The van der Waals surface area contributed by atoms with Gasteiger partial charge in [-0.25, -0.2) is 14.2 Å². The lowest BCUT2D eigenvalue weighted by Crippen LogP contribution is -2.17. The second kappa shape index (κ2) is 7.39. The van der Waals surface area contributed by atoms with Crippen molar-refractivity contribution in [1.82, 2.24) is 4.98 Å². The van der Waals surface area contributed by atoms with E-state index < -0.39 is 5.97 Å². The number of halogens is 1. The van der Waals surface area contributed by atoms with Crippen LogP contribution in [0, 0.1) is 5.82 Å². The molecule has 0 fully saturated rings. The molecule has 0 radical (unpaired) electrons. The van der Waals surface area contributed by atoms with Gasteiger partial charge in [0, 0.05) is 18.1 Å². The Morgan fingerprint density at radius 1 is 1.15 bits per heavy atom. The standard InChI is InChI=1S/C20H19FN2O3/c1-4-26-20(24)17-12-13-11-14(21)5-10-18(13)22-19(17)23(2)15-6-8-16(25-3)9-7-15/h5-12H,4H2,1-3H3. The topological polar surface area (TPSA) is 51.7 Å². The van der Waals surface area contributed by atoms with Crippen molar-refractivity contribution >= 4 is 28.4 Å². The molecule has 0 N–H and O–H groups in total. The minimum atomic E-state index is -0.499. The van der Waals surface area contributed by atoms with Gasteiger partial charge in [-0.1, -0.05) is 0 Å². The first-order chi connectivity index (χ1) is 12.5. The molecule has 0 bridgehead atoms. The van der Waals surface area contributed by atoms with Crippen LogP contribution < -0.4 is 9.64 Å². The highest BCUT2D eigenvalue weighted by atomic mass is 19.1. The Morgan fingerprint density at radius 3 is 2.54 bits per heavy atom. The van der Waals surface area contributed by atoms with E-state index >= 15 is 0 Å². The first-order valence-electron chi connectivity index (χ1n) is 8.18. The molecule has 0 aliphatic heterocycles. The number of ether oxygens (including phenoxy) is 2. The second-order valence-electron chi connectivity index (χ2n) is 5.67. The minimum Gasteiger partial charge on any atom is -0.497 e. The molecule has 0 unspecified atom stereocenters. The van der Waals surface area contributed by atoms with E-state index in [-0.39, 0.29) is 18.0 Å². The fourth-order valence-corrected chi connectivity index (χ4v) is 2.68. The Balaban J connectivity index is 2.12. The van der Waals surface area contributed by atoms with Gasteiger partial charge in [-0.15, -0.1) is 0 Å². The van der Waals surface area contributed by atoms with Crippen LogP contribution in [0.4, 0.5) is 15.9 Å². The van der Waals surface area contributed by atoms with Crippen LogP contribution in [0.25, 0.3) is 10.9 Å². The summed E-state index contributed by atoms with van der Waals surface area (Å²) in [5.74, 6) is 0.286. The van der Waals surface area contributed by atoms with Gasteiger partial charge >= 0.3 is 5.97 Å². The van der Waals surface area contributed by atoms with Crippen molar-refractivity contribution in [2.24, 2.45) is 0 Å². The molecule has 0 aliphatic rings. The number of anilines is 2. The second-order valence-corrected chi connectivity index (χ2v) is 5.67. The van der Waals surface area contributed by atoms with Crippen LogP contribution in [-0.2, 0) is 4.74 Å². The summed E-state index contributed by atoms with van der Waals surface area (Å²) in [4.78, 5) is 18.8. The molecule has 1 aromatic heterocycles. The van der Waals surface area contributed by atoms with Crippen molar-refractivity contribution in [1.29, 1.82) is 0 Å². The van der Waals surface area contributed by atoms with Crippen LogP contribution in [0.15, 0.2) is 48.5 Å². The zero-order valence-electron chi connectivity index (χ0n) is 14.8. The van der Waals surface area contributed by atoms with E-state index in [9.17, 15) is 9.18 Å². The van der Waals surface area contributed by atoms with E-state index in [1.54, 1.807) is 31.1 Å². The number of pyridine rings is 1. The maximum atomic E-state index is 13.5. The highest BCUT2D eigenvalue weighted by Gasteiger charge is 2.20. The number of fused-ring (bicyclic) bond motifs is 1. The summed E-state index contributed by atoms with van der Waals surface area (Å²) < 4.78 is 23.9. The summed E-state index contributed by atoms with van der Waals surface area (Å²) in [5, 5.41) is 0.542. The molecule has 3 rings (SSSR count). The maximum Gasteiger partial charge on any atom is 0.341 e. The Kier molecular flexibility index (Phi) is 5.02. The van der Waals surface area contributed by atoms with Gasteiger partial charge in [-0.05, 0) is 55.5 Å². The third-order valence-electron chi connectivity index (χ3n) is 4.03. The summed E-state index contributed by atoms with van der Waals surface area (Å²) in [5.41, 5.74) is 1.70. The number of hydrogen-bond donors (Lipinski definition) is 0. The van der Waals surface area contributed by atoms with Crippen LogP contribution in [0.3, 0.4) is 0 Å². The van der Waals surface area contributed by atoms with Gasteiger partial charge in [0.05, 0.1) is 19.2 Å². The van der Waals surface area contributed by atoms with E-state index in [1.165, 1.54) is 12.1 Å². The third kappa shape index (κ3) is 3.44. The van der Waals surface area contributed by atoms with Crippen molar-refractivity contribution in [2.45, 2.75) is 6.92 Å². The molecule has 0 aliphatic carbocycles. The van der Waals surface area contributed by atoms with Gasteiger partial charge in [-0.3, -0.25) is 0 Å². The van der Waals surface area contributed by atoms with Crippen LogP contribution in [0.5, 0.6) is 5.75 Å². The minimum absolute atomic E-state index is 0.242. The van der Waals surface area contributed by atoms with Crippen molar-refractivity contribution in [3.05, 3.63) is 59.9 Å². The smallest absolute Gasteiger partial charge is 0.341 e. The van der Waals surface area contributed by atoms with E-state index in [0.717, 1.165) is 11.4 Å². The molecule has 0 spiro atoms. The Hall–Kier alpha value is -3.15. The number of benzene rings is 2. The van der Waals surface area contributed by atoms with Crippen LogP contribution >= 0.6 is 0 Å². The van der Waals surface area contributed by atoms with Crippen molar-refractivity contribution in [3.8, 4) is 5.75 Å². The van der Waals surface area contributed by atoms with E-state index in [4.69, 9.17) is 9.47 Å². The normalized spacial score (nSPS) is 10.6. The number of carbonyl (C=O) groups is 1. The zero-order valence-corrected chi connectivity index (χ0v) is 14.8. The van der Waals surface area contributed by atoms with Crippen molar-refractivity contribution < 1.29 is 18.7 Å². The molecule has 0 saturated heterocycles. The van der Waals surface area contributed by atoms with Gasteiger partial charge in [0.2, 0.25) is 0 Å². The van der Waals surface area contributed by atoms with Crippen LogP contribution in [0.1, 0.15) is 17.3 Å². The maximum absolute atomic E-state index is 13.5. The molecule has 0 amide bonds. The van der Waals surface area contributed by atoms with E-state index in [0.29, 0.717) is 16.7 Å². The molecule has 3 aromatic rings. The predicted octanol–water partition coefficient (Wildman–Crippen LogP) is 4.33. The highest BCUT2D eigenvalue weighted by Crippen LogP contribution is 2.30. The number of nitrogens with zero attached hydrogens (tertiary/aromatic N) is 2. The average molecular weight is 354 g/mol. The molecule has 0 saturated carbocycles. The SMILES string of the molecule is CCOC(=O)c1cc2cc(F)ccc2nc1N(C)c1ccc(OC)cc1. The van der Waals surface area contributed by atoms with Gasteiger partial charge in [0.1, 0.15) is 22.9 Å². The molecule has 6 heteroatoms. The molecule has 2 aromatic carbocycles. The highest BCUT2D eigenvalue weighted by molar-refractivity contribution is 6.00. The molecule has 1 heterocycles.